The lowest BCUT2D eigenvalue weighted by molar-refractivity contribution is 0.0788. The van der Waals surface area contributed by atoms with Gasteiger partial charge < -0.3 is 10.4 Å². The lowest BCUT2D eigenvalue weighted by Gasteiger charge is -2.33. The van der Waals surface area contributed by atoms with Gasteiger partial charge in [0.25, 0.3) is 0 Å². The lowest BCUT2D eigenvalue weighted by atomic mass is 10.0. The van der Waals surface area contributed by atoms with Crippen molar-refractivity contribution < 1.29 is 5.11 Å². The zero-order chi connectivity index (χ0) is 9.90. The third kappa shape index (κ3) is 2.93. The Hall–Kier alpha value is -0.120. The molecule has 13 heavy (non-hydrogen) atoms. The summed E-state index contributed by atoms with van der Waals surface area (Å²) < 4.78 is 0. The first-order valence-corrected chi connectivity index (χ1v) is 5.14. The van der Waals surface area contributed by atoms with Crippen LogP contribution in [0.2, 0.25) is 0 Å². The molecule has 1 rings (SSSR count). The molecule has 1 fully saturated rings. The molecule has 3 nitrogen and oxygen atoms in total. The van der Waals surface area contributed by atoms with Crippen molar-refractivity contribution in [1.82, 2.24) is 10.2 Å². The second-order valence-corrected chi connectivity index (χ2v) is 4.57. The molecule has 1 aliphatic heterocycles. The van der Waals surface area contributed by atoms with E-state index in [1.54, 1.807) is 0 Å². The number of hydrogen-bond donors (Lipinski definition) is 2. The van der Waals surface area contributed by atoms with Crippen LogP contribution in [0.25, 0.3) is 0 Å². The fraction of sp³-hybridized carbons (Fsp3) is 1.00. The molecule has 78 valence electrons. The van der Waals surface area contributed by atoms with Gasteiger partial charge in [0.1, 0.15) is 0 Å². The molecule has 0 spiro atoms. The molecule has 1 aliphatic rings. The average molecular weight is 186 g/mol. The van der Waals surface area contributed by atoms with Gasteiger partial charge in [-0.1, -0.05) is 0 Å². The first-order chi connectivity index (χ1) is 6.06. The number of β-amino-alcohol motifs (C(OH)–C–C–N with tert-alkyl or cyclic N) is 1. The number of hydrogen-bond acceptors (Lipinski definition) is 3. The minimum atomic E-state index is -0.234. The fourth-order valence-corrected chi connectivity index (χ4v) is 2.06. The van der Waals surface area contributed by atoms with Gasteiger partial charge in [-0.3, -0.25) is 4.90 Å². The standard InChI is InChI=1S/C10H22N2O/c1-10(2)5-4-6-12(10)8-9(13)7-11-3/h9,11,13H,4-8H2,1-3H3. The van der Waals surface area contributed by atoms with E-state index in [2.05, 4.69) is 24.1 Å². The van der Waals surface area contributed by atoms with E-state index in [0.717, 1.165) is 13.1 Å². The van der Waals surface area contributed by atoms with Gasteiger partial charge in [-0.25, -0.2) is 0 Å². The van der Waals surface area contributed by atoms with Gasteiger partial charge in [-0.15, -0.1) is 0 Å². The number of rotatable bonds is 4. The van der Waals surface area contributed by atoms with Gasteiger partial charge >= 0.3 is 0 Å². The van der Waals surface area contributed by atoms with Crippen molar-refractivity contribution in [3.05, 3.63) is 0 Å². The summed E-state index contributed by atoms with van der Waals surface area (Å²) in [5.41, 5.74) is 0.286. The van der Waals surface area contributed by atoms with Gasteiger partial charge in [0.2, 0.25) is 0 Å². The normalized spacial score (nSPS) is 24.9. The summed E-state index contributed by atoms with van der Waals surface area (Å²) in [5, 5.41) is 12.6. The lowest BCUT2D eigenvalue weighted by Crippen LogP contribution is -2.44. The Balaban J connectivity index is 2.35. The molecule has 0 amide bonds. The second kappa shape index (κ2) is 4.40. The Kier molecular flexibility index (Phi) is 3.71. The molecule has 0 radical (unpaired) electrons. The molecule has 2 N–H and O–H groups in total. The predicted octanol–water partition coefficient (Wildman–Crippen LogP) is 0.441. The highest BCUT2D eigenvalue weighted by Crippen LogP contribution is 2.27. The number of aliphatic hydroxyl groups excluding tert-OH is 1. The zero-order valence-electron chi connectivity index (χ0n) is 9.01. The summed E-state index contributed by atoms with van der Waals surface area (Å²) in [7, 11) is 1.87. The molecule has 0 aliphatic carbocycles. The Morgan fingerprint density at radius 1 is 1.54 bits per heavy atom. The molecule has 1 atom stereocenters. The summed E-state index contributed by atoms with van der Waals surface area (Å²) in [6, 6.07) is 0. The van der Waals surface area contributed by atoms with Crippen LogP contribution in [0.5, 0.6) is 0 Å². The van der Waals surface area contributed by atoms with Crippen molar-refractivity contribution in [3.63, 3.8) is 0 Å². The van der Waals surface area contributed by atoms with Crippen molar-refractivity contribution in [2.45, 2.75) is 38.3 Å². The van der Waals surface area contributed by atoms with Crippen LogP contribution in [0.3, 0.4) is 0 Å². The van der Waals surface area contributed by atoms with E-state index in [1.807, 2.05) is 7.05 Å². The van der Waals surface area contributed by atoms with Crippen LogP contribution in [-0.4, -0.2) is 48.3 Å². The Bertz CT molecular complexity index is 159. The van der Waals surface area contributed by atoms with Crippen molar-refractivity contribution in [2.75, 3.05) is 26.7 Å². The van der Waals surface area contributed by atoms with Gasteiger partial charge in [-0.2, -0.15) is 0 Å². The van der Waals surface area contributed by atoms with E-state index in [4.69, 9.17) is 0 Å². The van der Waals surface area contributed by atoms with Crippen LogP contribution in [-0.2, 0) is 0 Å². The Labute approximate surface area is 81.1 Å². The average Bonchev–Trinajstić information content (AvgIpc) is 2.31. The van der Waals surface area contributed by atoms with E-state index in [1.165, 1.54) is 12.8 Å². The molecule has 0 aromatic rings. The molecular weight excluding hydrogens is 164 g/mol. The topological polar surface area (TPSA) is 35.5 Å². The van der Waals surface area contributed by atoms with Gasteiger partial charge in [0.05, 0.1) is 6.10 Å². The molecule has 0 bridgehead atoms. The Morgan fingerprint density at radius 2 is 2.23 bits per heavy atom. The minimum absolute atomic E-state index is 0.234. The molecular formula is C10H22N2O. The van der Waals surface area contributed by atoms with Crippen molar-refractivity contribution in [3.8, 4) is 0 Å². The van der Waals surface area contributed by atoms with Crippen molar-refractivity contribution >= 4 is 0 Å². The van der Waals surface area contributed by atoms with Crippen LogP contribution in [0.15, 0.2) is 0 Å². The maximum atomic E-state index is 9.64. The minimum Gasteiger partial charge on any atom is -0.390 e. The summed E-state index contributed by atoms with van der Waals surface area (Å²) >= 11 is 0. The zero-order valence-corrected chi connectivity index (χ0v) is 9.01. The van der Waals surface area contributed by atoms with Gasteiger partial charge in [-0.05, 0) is 40.3 Å². The summed E-state index contributed by atoms with van der Waals surface area (Å²) in [6.45, 7) is 7.13. The SMILES string of the molecule is CNCC(O)CN1CCCC1(C)C. The highest BCUT2D eigenvalue weighted by molar-refractivity contribution is 4.88. The second-order valence-electron chi connectivity index (χ2n) is 4.57. The number of likely N-dealkylation sites (tertiary alicyclic amines) is 1. The highest BCUT2D eigenvalue weighted by atomic mass is 16.3. The monoisotopic (exact) mass is 186 g/mol. The largest absolute Gasteiger partial charge is 0.390 e. The molecule has 1 heterocycles. The molecule has 0 aromatic carbocycles. The number of aliphatic hydroxyl groups is 1. The van der Waals surface area contributed by atoms with E-state index < -0.39 is 0 Å². The first kappa shape index (κ1) is 11.0. The smallest absolute Gasteiger partial charge is 0.0791 e. The predicted molar refractivity (Wildman–Crippen MR) is 54.8 cm³/mol. The van der Waals surface area contributed by atoms with E-state index in [9.17, 15) is 5.11 Å². The molecule has 0 aromatic heterocycles. The number of nitrogens with one attached hydrogen (secondary N) is 1. The quantitative estimate of drug-likeness (QED) is 0.669. The van der Waals surface area contributed by atoms with Crippen molar-refractivity contribution in [1.29, 1.82) is 0 Å². The van der Waals surface area contributed by atoms with Gasteiger partial charge in [0.15, 0.2) is 0 Å². The molecule has 1 unspecified atom stereocenters. The number of nitrogens with zero attached hydrogens (tertiary/aromatic N) is 1. The number of likely N-dealkylation sites (N-methyl/N-ethyl adjacent to an activating group) is 1. The molecule has 3 heteroatoms. The van der Waals surface area contributed by atoms with Crippen LogP contribution in [0, 0.1) is 0 Å². The maximum Gasteiger partial charge on any atom is 0.0791 e. The first-order valence-electron chi connectivity index (χ1n) is 5.14. The van der Waals surface area contributed by atoms with Crippen LogP contribution in [0.4, 0.5) is 0 Å². The summed E-state index contributed by atoms with van der Waals surface area (Å²) in [5.74, 6) is 0. The third-order valence-corrected chi connectivity index (χ3v) is 2.94. The molecule has 0 saturated carbocycles. The van der Waals surface area contributed by atoms with Crippen molar-refractivity contribution in [2.24, 2.45) is 0 Å². The van der Waals surface area contributed by atoms with Crippen LogP contribution >= 0.6 is 0 Å². The van der Waals surface area contributed by atoms with Crippen LogP contribution in [0.1, 0.15) is 26.7 Å². The van der Waals surface area contributed by atoms with Crippen LogP contribution < -0.4 is 5.32 Å². The van der Waals surface area contributed by atoms with E-state index in [0.29, 0.717) is 6.54 Å². The summed E-state index contributed by atoms with van der Waals surface area (Å²) in [6.07, 6.45) is 2.28. The highest BCUT2D eigenvalue weighted by Gasteiger charge is 2.32. The maximum absolute atomic E-state index is 9.64. The van der Waals surface area contributed by atoms with E-state index >= 15 is 0 Å². The van der Waals surface area contributed by atoms with Gasteiger partial charge in [0, 0.05) is 18.6 Å². The molecule has 1 saturated heterocycles. The summed E-state index contributed by atoms with van der Waals surface area (Å²) in [4.78, 5) is 2.38. The Morgan fingerprint density at radius 3 is 2.69 bits per heavy atom. The third-order valence-electron chi connectivity index (χ3n) is 2.94. The van der Waals surface area contributed by atoms with E-state index in [-0.39, 0.29) is 11.6 Å². The fourth-order valence-electron chi connectivity index (χ4n) is 2.06.